The van der Waals surface area contributed by atoms with Crippen molar-refractivity contribution in [3.05, 3.63) is 35.9 Å². The first-order valence-corrected chi connectivity index (χ1v) is 7.24. The summed E-state index contributed by atoms with van der Waals surface area (Å²) in [5.41, 5.74) is 1.31. The van der Waals surface area contributed by atoms with E-state index in [-0.39, 0.29) is 11.9 Å². The van der Waals surface area contributed by atoms with Crippen molar-refractivity contribution in [2.45, 2.75) is 38.1 Å². The van der Waals surface area contributed by atoms with Gasteiger partial charge in [-0.3, -0.25) is 4.79 Å². The van der Waals surface area contributed by atoms with Crippen molar-refractivity contribution in [2.75, 3.05) is 12.4 Å². The zero-order chi connectivity index (χ0) is 12.8. The number of likely N-dealkylation sites (tertiary alicyclic amines) is 1. The van der Waals surface area contributed by atoms with E-state index in [9.17, 15) is 4.79 Å². The van der Waals surface area contributed by atoms with Crippen LogP contribution < -0.4 is 0 Å². The topological polar surface area (TPSA) is 20.3 Å². The third-order valence-corrected chi connectivity index (χ3v) is 3.93. The fourth-order valence-electron chi connectivity index (χ4n) is 2.56. The van der Waals surface area contributed by atoms with E-state index >= 15 is 0 Å². The molecule has 2 nitrogen and oxygen atoms in total. The van der Waals surface area contributed by atoms with E-state index in [0.29, 0.717) is 12.3 Å². The molecule has 0 saturated carbocycles. The number of nitrogens with zero attached hydrogens (tertiary/aromatic N) is 1. The van der Waals surface area contributed by atoms with Crippen molar-refractivity contribution < 1.29 is 4.79 Å². The maximum Gasteiger partial charge on any atom is 0.222 e. The van der Waals surface area contributed by atoms with Crippen LogP contribution in [0.3, 0.4) is 0 Å². The Morgan fingerprint density at radius 1 is 1.33 bits per heavy atom. The highest BCUT2D eigenvalue weighted by molar-refractivity contribution is 6.18. The molecule has 0 spiro atoms. The van der Waals surface area contributed by atoms with Gasteiger partial charge in [0, 0.05) is 24.9 Å². The largest absolute Gasteiger partial charge is 0.339 e. The van der Waals surface area contributed by atoms with Gasteiger partial charge in [0.25, 0.3) is 0 Å². The second kappa shape index (κ2) is 6.79. The molecular weight excluding hydrogens is 246 g/mol. The molecule has 1 atom stereocenters. The molecule has 1 aromatic carbocycles. The summed E-state index contributed by atoms with van der Waals surface area (Å²) in [6.07, 6.45) is 4.71. The lowest BCUT2D eigenvalue weighted by atomic mass is 10.1. The molecule has 1 unspecified atom stereocenters. The molecule has 0 bridgehead atoms. The molecule has 18 heavy (non-hydrogen) atoms. The lowest BCUT2D eigenvalue weighted by Crippen LogP contribution is -2.36. The molecule has 1 aromatic rings. The minimum absolute atomic E-state index is 0.272. The quantitative estimate of drug-likeness (QED) is 0.749. The van der Waals surface area contributed by atoms with Gasteiger partial charge in [-0.1, -0.05) is 30.3 Å². The van der Waals surface area contributed by atoms with Crippen LogP contribution in [0.2, 0.25) is 0 Å². The Balaban J connectivity index is 1.75. The zero-order valence-corrected chi connectivity index (χ0v) is 11.4. The second-order valence-corrected chi connectivity index (χ2v) is 5.19. The summed E-state index contributed by atoms with van der Waals surface area (Å²) >= 11 is 5.88. The number of hydrogen-bond donors (Lipinski definition) is 0. The number of benzene rings is 1. The van der Waals surface area contributed by atoms with Crippen LogP contribution in [0.1, 0.15) is 31.2 Å². The average Bonchev–Trinajstić information content (AvgIpc) is 2.88. The first-order valence-electron chi connectivity index (χ1n) is 6.70. The summed E-state index contributed by atoms with van der Waals surface area (Å²) in [6.45, 7) is 0.890. The average molecular weight is 266 g/mol. The third kappa shape index (κ3) is 3.49. The van der Waals surface area contributed by atoms with Crippen LogP contribution in [0, 0.1) is 0 Å². The van der Waals surface area contributed by atoms with Gasteiger partial charge in [0.1, 0.15) is 0 Å². The Labute approximate surface area is 114 Å². The predicted molar refractivity (Wildman–Crippen MR) is 74.8 cm³/mol. The van der Waals surface area contributed by atoms with Crippen LogP contribution in [0.15, 0.2) is 30.3 Å². The molecule has 0 N–H and O–H groups in total. The zero-order valence-electron chi connectivity index (χ0n) is 10.6. The number of alkyl halides is 1. The molecule has 2 rings (SSSR count). The number of carbonyl (C=O) groups excluding carboxylic acids is 1. The summed E-state index contributed by atoms with van der Waals surface area (Å²) in [5.74, 6) is 0.846. The number of rotatable bonds is 5. The van der Waals surface area contributed by atoms with Gasteiger partial charge in [0.15, 0.2) is 0 Å². The van der Waals surface area contributed by atoms with E-state index in [2.05, 4.69) is 12.1 Å². The fourth-order valence-corrected chi connectivity index (χ4v) is 2.88. The molecule has 0 aromatic heterocycles. The van der Waals surface area contributed by atoms with Crippen molar-refractivity contribution in [1.82, 2.24) is 4.90 Å². The molecule has 1 heterocycles. The minimum atomic E-state index is 0.272. The Morgan fingerprint density at radius 2 is 2.11 bits per heavy atom. The van der Waals surface area contributed by atoms with Gasteiger partial charge >= 0.3 is 0 Å². The van der Waals surface area contributed by atoms with E-state index in [4.69, 9.17) is 11.6 Å². The van der Waals surface area contributed by atoms with Crippen molar-refractivity contribution in [3.8, 4) is 0 Å². The van der Waals surface area contributed by atoms with Gasteiger partial charge in [-0.15, -0.1) is 11.6 Å². The van der Waals surface area contributed by atoms with Gasteiger partial charge in [-0.05, 0) is 31.2 Å². The smallest absolute Gasteiger partial charge is 0.222 e. The normalized spacial score (nSPS) is 19.2. The van der Waals surface area contributed by atoms with Gasteiger partial charge < -0.3 is 4.90 Å². The highest BCUT2D eigenvalue weighted by Gasteiger charge is 2.27. The van der Waals surface area contributed by atoms with E-state index in [0.717, 1.165) is 32.2 Å². The monoisotopic (exact) mass is 265 g/mol. The Kier molecular flexibility index (Phi) is 5.06. The van der Waals surface area contributed by atoms with Crippen molar-refractivity contribution in [3.63, 3.8) is 0 Å². The fraction of sp³-hybridized carbons (Fsp3) is 0.533. The lowest BCUT2D eigenvalue weighted by molar-refractivity contribution is -0.131. The number of hydrogen-bond acceptors (Lipinski definition) is 1. The Bertz CT molecular complexity index is 379. The number of carbonyl (C=O) groups is 1. The summed E-state index contributed by atoms with van der Waals surface area (Å²) in [7, 11) is 0. The van der Waals surface area contributed by atoms with Crippen LogP contribution in [0.5, 0.6) is 0 Å². The maximum atomic E-state index is 12.1. The molecule has 1 aliphatic rings. The number of aryl methyl sites for hydroxylation is 1. The van der Waals surface area contributed by atoms with E-state index in [1.807, 2.05) is 23.1 Å². The standard InChI is InChI=1S/C15H20ClNO/c16-12-14-9-5-11-17(14)15(18)10-4-8-13-6-2-1-3-7-13/h1-3,6-7,14H,4-5,8-12H2. The highest BCUT2D eigenvalue weighted by atomic mass is 35.5. The molecule has 1 fully saturated rings. The van der Waals surface area contributed by atoms with Crippen molar-refractivity contribution in [1.29, 1.82) is 0 Å². The molecule has 1 aliphatic heterocycles. The molecular formula is C15H20ClNO. The number of amides is 1. The molecule has 3 heteroatoms. The van der Waals surface area contributed by atoms with Crippen LogP contribution in [-0.2, 0) is 11.2 Å². The Hall–Kier alpha value is -1.02. The van der Waals surface area contributed by atoms with E-state index < -0.39 is 0 Å². The van der Waals surface area contributed by atoms with Crippen molar-refractivity contribution >= 4 is 17.5 Å². The Morgan fingerprint density at radius 3 is 2.83 bits per heavy atom. The van der Waals surface area contributed by atoms with E-state index in [1.54, 1.807) is 0 Å². The summed E-state index contributed by atoms with van der Waals surface area (Å²) in [4.78, 5) is 14.0. The van der Waals surface area contributed by atoms with Gasteiger partial charge in [0.05, 0.1) is 0 Å². The lowest BCUT2D eigenvalue weighted by Gasteiger charge is -2.22. The molecule has 0 aliphatic carbocycles. The van der Waals surface area contributed by atoms with Crippen LogP contribution in [0.25, 0.3) is 0 Å². The number of halogens is 1. The van der Waals surface area contributed by atoms with Gasteiger partial charge in [-0.25, -0.2) is 0 Å². The summed E-state index contributed by atoms with van der Waals surface area (Å²) in [6, 6.07) is 10.6. The summed E-state index contributed by atoms with van der Waals surface area (Å²) in [5, 5.41) is 0. The molecule has 1 amide bonds. The van der Waals surface area contributed by atoms with Crippen LogP contribution in [0.4, 0.5) is 0 Å². The highest BCUT2D eigenvalue weighted by Crippen LogP contribution is 2.20. The van der Waals surface area contributed by atoms with Crippen LogP contribution in [-0.4, -0.2) is 29.3 Å². The predicted octanol–water partition coefficient (Wildman–Crippen LogP) is 3.24. The first-order chi connectivity index (χ1) is 8.81. The molecule has 0 radical (unpaired) electrons. The minimum Gasteiger partial charge on any atom is -0.339 e. The van der Waals surface area contributed by atoms with Gasteiger partial charge in [0.2, 0.25) is 5.91 Å². The third-order valence-electron chi connectivity index (χ3n) is 3.57. The van der Waals surface area contributed by atoms with Crippen LogP contribution >= 0.6 is 11.6 Å². The second-order valence-electron chi connectivity index (χ2n) is 4.88. The van der Waals surface area contributed by atoms with E-state index in [1.165, 1.54) is 5.56 Å². The van der Waals surface area contributed by atoms with Crippen molar-refractivity contribution in [2.24, 2.45) is 0 Å². The molecule has 1 saturated heterocycles. The molecule has 98 valence electrons. The SMILES string of the molecule is O=C(CCCc1ccccc1)N1CCCC1CCl. The maximum absolute atomic E-state index is 12.1. The summed E-state index contributed by atoms with van der Waals surface area (Å²) < 4.78 is 0. The van der Waals surface area contributed by atoms with Gasteiger partial charge in [-0.2, -0.15) is 0 Å². The first kappa shape index (κ1) is 13.4.